The van der Waals surface area contributed by atoms with Crippen molar-refractivity contribution in [3.63, 3.8) is 0 Å². The van der Waals surface area contributed by atoms with Crippen LogP contribution in [0.4, 0.5) is 0 Å². The highest BCUT2D eigenvalue weighted by Gasteiger charge is 2.26. The SMILES string of the molecule is CCCNC(=O)CN(CCC)S(=O)(=O)c1ccn[nH]1. The first kappa shape index (κ1) is 15.6. The zero-order chi connectivity index (χ0) is 14.3. The Morgan fingerprint density at radius 3 is 2.68 bits per heavy atom. The van der Waals surface area contributed by atoms with E-state index in [0.29, 0.717) is 19.5 Å². The van der Waals surface area contributed by atoms with Gasteiger partial charge in [0.1, 0.15) is 0 Å². The van der Waals surface area contributed by atoms with E-state index >= 15 is 0 Å². The molecule has 0 aliphatic heterocycles. The molecule has 0 spiro atoms. The van der Waals surface area contributed by atoms with Gasteiger partial charge in [0.15, 0.2) is 5.03 Å². The number of rotatable bonds is 8. The van der Waals surface area contributed by atoms with Crippen molar-refractivity contribution in [2.24, 2.45) is 0 Å². The fraction of sp³-hybridized carbons (Fsp3) is 0.636. The van der Waals surface area contributed by atoms with E-state index in [9.17, 15) is 13.2 Å². The molecule has 1 aromatic rings. The van der Waals surface area contributed by atoms with E-state index < -0.39 is 10.0 Å². The molecule has 1 heterocycles. The Bertz CT molecular complexity index is 484. The van der Waals surface area contributed by atoms with Gasteiger partial charge in [0.2, 0.25) is 5.91 Å². The van der Waals surface area contributed by atoms with Crippen molar-refractivity contribution in [2.45, 2.75) is 31.7 Å². The van der Waals surface area contributed by atoms with Gasteiger partial charge in [-0.05, 0) is 18.9 Å². The van der Waals surface area contributed by atoms with Gasteiger partial charge in [0.05, 0.1) is 12.7 Å². The van der Waals surface area contributed by atoms with Gasteiger partial charge >= 0.3 is 0 Å². The molecule has 0 radical (unpaired) electrons. The van der Waals surface area contributed by atoms with Gasteiger partial charge in [-0.1, -0.05) is 13.8 Å². The molecule has 0 atom stereocenters. The van der Waals surface area contributed by atoms with Crippen molar-refractivity contribution < 1.29 is 13.2 Å². The van der Waals surface area contributed by atoms with Crippen molar-refractivity contribution >= 4 is 15.9 Å². The number of hydrogen-bond donors (Lipinski definition) is 2. The summed E-state index contributed by atoms with van der Waals surface area (Å²) in [6, 6.07) is 1.38. The lowest BCUT2D eigenvalue weighted by molar-refractivity contribution is -0.121. The highest BCUT2D eigenvalue weighted by Crippen LogP contribution is 2.12. The first-order valence-corrected chi connectivity index (χ1v) is 7.72. The summed E-state index contributed by atoms with van der Waals surface area (Å²) in [4.78, 5) is 11.7. The third-order valence-corrected chi connectivity index (χ3v) is 4.23. The van der Waals surface area contributed by atoms with Crippen LogP contribution in [0.15, 0.2) is 17.3 Å². The lowest BCUT2D eigenvalue weighted by Crippen LogP contribution is -2.41. The van der Waals surface area contributed by atoms with E-state index in [4.69, 9.17) is 0 Å². The second-order valence-corrected chi connectivity index (χ2v) is 6.02. The van der Waals surface area contributed by atoms with Crippen LogP contribution in [-0.2, 0) is 14.8 Å². The molecular weight excluding hydrogens is 268 g/mol. The summed E-state index contributed by atoms with van der Waals surface area (Å²) in [5, 5.41) is 8.72. The molecule has 0 aliphatic rings. The summed E-state index contributed by atoms with van der Waals surface area (Å²) in [6.07, 6.45) is 2.81. The molecule has 0 unspecified atom stereocenters. The second kappa shape index (κ2) is 7.25. The summed E-state index contributed by atoms with van der Waals surface area (Å²) >= 11 is 0. The molecule has 0 aromatic carbocycles. The molecular formula is C11H20N4O3S. The van der Waals surface area contributed by atoms with Gasteiger partial charge in [-0.25, -0.2) is 8.42 Å². The number of aromatic amines is 1. The molecule has 7 nitrogen and oxygen atoms in total. The summed E-state index contributed by atoms with van der Waals surface area (Å²) < 4.78 is 25.7. The number of nitrogens with one attached hydrogen (secondary N) is 2. The summed E-state index contributed by atoms with van der Waals surface area (Å²) in [6.45, 7) is 4.46. The van der Waals surface area contributed by atoms with Crippen LogP contribution in [0, 0.1) is 0 Å². The lowest BCUT2D eigenvalue weighted by atomic mass is 10.4. The molecule has 1 rings (SSSR count). The van der Waals surface area contributed by atoms with Gasteiger partial charge in [-0.15, -0.1) is 0 Å². The Morgan fingerprint density at radius 2 is 2.16 bits per heavy atom. The smallest absolute Gasteiger partial charge is 0.260 e. The average Bonchev–Trinajstić information content (AvgIpc) is 2.90. The molecule has 0 saturated heterocycles. The predicted molar refractivity (Wildman–Crippen MR) is 70.9 cm³/mol. The largest absolute Gasteiger partial charge is 0.355 e. The molecule has 2 N–H and O–H groups in total. The minimum absolute atomic E-state index is 0.00393. The number of hydrogen-bond acceptors (Lipinski definition) is 4. The average molecular weight is 288 g/mol. The Kier molecular flexibility index (Phi) is 5.97. The number of carbonyl (C=O) groups excluding carboxylic acids is 1. The maximum absolute atomic E-state index is 12.3. The zero-order valence-corrected chi connectivity index (χ0v) is 12.0. The van der Waals surface area contributed by atoms with Gasteiger partial charge < -0.3 is 5.32 Å². The molecule has 0 bridgehead atoms. The first-order valence-electron chi connectivity index (χ1n) is 6.28. The van der Waals surface area contributed by atoms with E-state index in [1.807, 2.05) is 13.8 Å². The minimum atomic E-state index is -3.69. The first-order chi connectivity index (χ1) is 9.02. The van der Waals surface area contributed by atoms with E-state index in [1.165, 1.54) is 12.3 Å². The summed E-state index contributed by atoms with van der Waals surface area (Å²) in [5.41, 5.74) is 0. The molecule has 1 aromatic heterocycles. The van der Waals surface area contributed by atoms with Gasteiger partial charge in [0.25, 0.3) is 10.0 Å². The standard InChI is InChI=1S/C11H20N4O3S/c1-3-6-12-10(16)9-15(8-4-2)19(17,18)11-5-7-13-14-11/h5,7H,3-4,6,8-9H2,1-2H3,(H,12,16)(H,13,14). The van der Waals surface area contributed by atoms with Crippen LogP contribution in [0.3, 0.4) is 0 Å². The van der Waals surface area contributed by atoms with Crippen LogP contribution in [0.25, 0.3) is 0 Å². The van der Waals surface area contributed by atoms with Crippen LogP contribution in [0.1, 0.15) is 26.7 Å². The van der Waals surface area contributed by atoms with Crippen molar-refractivity contribution in [1.29, 1.82) is 0 Å². The fourth-order valence-electron chi connectivity index (χ4n) is 1.54. The number of H-pyrrole nitrogens is 1. The minimum Gasteiger partial charge on any atom is -0.355 e. The topological polar surface area (TPSA) is 95.2 Å². The van der Waals surface area contributed by atoms with E-state index in [1.54, 1.807) is 0 Å². The highest BCUT2D eigenvalue weighted by molar-refractivity contribution is 7.89. The van der Waals surface area contributed by atoms with Gasteiger partial charge in [-0.2, -0.15) is 9.40 Å². The molecule has 1 amide bonds. The summed E-state index contributed by atoms with van der Waals surface area (Å²) in [7, 11) is -3.69. The Labute approximate surface area is 113 Å². The van der Waals surface area contributed by atoms with Crippen LogP contribution in [0.2, 0.25) is 0 Å². The molecule has 19 heavy (non-hydrogen) atoms. The summed E-state index contributed by atoms with van der Waals surface area (Å²) in [5.74, 6) is -0.293. The maximum atomic E-state index is 12.3. The third kappa shape index (κ3) is 4.32. The molecule has 8 heteroatoms. The van der Waals surface area contributed by atoms with Crippen LogP contribution in [-0.4, -0.2) is 48.5 Å². The normalized spacial score (nSPS) is 11.7. The fourth-order valence-corrected chi connectivity index (χ4v) is 2.93. The van der Waals surface area contributed by atoms with Crippen molar-refractivity contribution in [2.75, 3.05) is 19.6 Å². The number of nitrogens with zero attached hydrogens (tertiary/aromatic N) is 2. The molecule has 0 saturated carbocycles. The van der Waals surface area contributed by atoms with Crippen molar-refractivity contribution in [1.82, 2.24) is 19.8 Å². The van der Waals surface area contributed by atoms with E-state index in [2.05, 4.69) is 15.5 Å². The quantitative estimate of drug-likeness (QED) is 0.721. The number of aromatic nitrogens is 2. The monoisotopic (exact) mass is 288 g/mol. The molecule has 108 valence electrons. The van der Waals surface area contributed by atoms with E-state index in [0.717, 1.165) is 10.7 Å². The van der Waals surface area contributed by atoms with Crippen LogP contribution >= 0.6 is 0 Å². The maximum Gasteiger partial charge on any atom is 0.260 e. The Balaban J connectivity index is 2.80. The van der Waals surface area contributed by atoms with Crippen molar-refractivity contribution in [3.8, 4) is 0 Å². The van der Waals surface area contributed by atoms with E-state index in [-0.39, 0.29) is 17.5 Å². The predicted octanol–water partition coefficient (Wildman–Crippen LogP) is 0.337. The molecule has 0 aliphatic carbocycles. The third-order valence-electron chi connectivity index (χ3n) is 2.46. The molecule has 0 fully saturated rings. The zero-order valence-electron chi connectivity index (χ0n) is 11.2. The van der Waals surface area contributed by atoms with Crippen LogP contribution < -0.4 is 5.32 Å². The van der Waals surface area contributed by atoms with Gasteiger partial charge in [0, 0.05) is 13.1 Å². The second-order valence-electron chi connectivity index (χ2n) is 4.11. The Hall–Kier alpha value is -1.41. The van der Waals surface area contributed by atoms with Gasteiger partial charge in [-0.3, -0.25) is 9.89 Å². The number of amides is 1. The number of sulfonamides is 1. The highest BCUT2D eigenvalue weighted by atomic mass is 32.2. The number of carbonyl (C=O) groups is 1. The Morgan fingerprint density at radius 1 is 1.42 bits per heavy atom. The lowest BCUT2D eigenvalue weighted by Gasteiger charge is -2.20. The van der Waals surface area contributed by atoms with Crippen LogP contribution in [0.5, 0.6) is 0 Å². The van der Waals surface area contributed by atoms with Crippen molar-refractivity contribution in [3.05, 3.63) is 12.3 Å².